The minimum absolute atomic E-state index is 0.507. The third kappa shape index (κ3) is 2.05. The molecule has 1 aliphatic heterocycles. The van der Waals surface area contributed by atoms with Crippen molar-refractivity contribution in [2.24, 2.45) is 0 Å². The van der Waals surface area contributed by atoms with Crippen molar-refractivity contribution in [2.45, 2.75) is 46.0 Å². The third-order valence-corrected chi connectivity index (χ3v) is 4.46. The predicted octanol–water partition coefficient (Wildman–Crippen LogP) is 4.16. The van der Waals surface area contributed by atoms with Gasteiger partial charge in [-0.3, -0.25) is 0 Å². The van der Waals surface area contributed by atoms with Crippen molar-refractivity contribution in [3.05, 3.63) is 9.75 Å². The molecule has 1 aromatic heterocycles. The van der Waals surface area contributed by atoms with Gasteiger partial charge in [0.05, 0.1) is 23.0 Å². The first-order valence-corrected chi connectivity index (χ1v) is 6.85. The SMILES string of the molecule is CC(C)c1sc(C(C)C)c2c1OCCCO2. The number of hydrogen-bond donors (Lipinski definition) is 0. The van der Waals surface area contributed by atoms with E-state index in [1.165, 1.54) is 9.75 Å². The summed E-state index contributed by atoms with van der Waals surface area (Å²) in [6.45, 7) is 10.4. The fraction of sp³-hybridized carbons (Fsp3) is 0.692. The van der Waals surface area contributed by atoms with Crippen LogP contribution in [0.25, 0.3) is 0 Å². The molecule has 0 saturated heterocycles. The summed E-state index contributed by atoms with van der Waals surface area (Å²) in [6, 6.07) is 0. The van der Waals surface area contributed by atoms with Crippen LogP contribution in [-0.2, 0) is 0 Å². The van der Waals surface area contributed by atoms with Crippen LogP contribution < -0.4 is 9.47 Å². The van der Waals surface area contributed by atoms with Crippen LogP contribution in [0.4, 0.5) is 0 Å². The molecule has 0 fully saturated rings. The standard InChI is InChI=1S/C13H20O2S/c1-8(2)12-10-11(13(16-12)9(3)4)15-7-5-6-14-10/h8-9H,5-7H2,1-4H3. The number of thiophene rings is 1. The first kappa shape index (κ1) is 11.8. The Morgan fingerprint density at radius 3 is 1.69 bits per heavy atom. The van der Waals surface area contributed by atoms with Gasteiger partial charge in [-0.1, -0.05) is 27.7 Å². The summed E-state index contributed by atoms with van der Waals surface area (Å²) in [5.41, 5.74) is 0. The van der Waals surface area contributed by atoms with Crippen LogP contribution >= 0.6 is 11.3 Å². The van der Waals surface area contributed by atoms with Gasteiger partial charge in [0.1, 0.15) is 0 Å². The molecular formula is C13H20O2S. The highest BCUT2D eigenvalue weighted by molar-refractivity contribution is 7.13. The maximum Gasteiger partial charge on any atom is 0.175 e. The summed E-state index contributed by atoms with van der Waals surface area (Å²) in [7, 11) is 0. The molecule has 2 rings (SSSR count). The summed E-state index contributed by atoms with van der Waals surface area (Å²) in [4.78, 5) is 2.67. The lowest BCUT2D eigenvalue weighted by Crippen LogP contribution is -1.99. The van der Waals surface area contributed by atoms with Crippen molar-refractivity contribution in [2.75, 3.05) is 13.2 Å². The summed E-state index contributed by atoms with van der Waals surface area (Å²) >= 11 is 1.85. The van der Waals surface area contributed by atoms with Crippen molar-refractivity contribution in [3.8, 4) is 11.5 Å². The van der Waals surface area contributed by atoms with Gasteiger partial charge in [-0.05, 0) is 11.8 Å². The van der Waals surface area contributed by atoms with Crippen LogP contribution in [0.2, 0.25) is 0 Å². The molecule has 2 heterocycles. The molecule has 0 radical (unpaired) electrons. The van der Waals surface area contributed by atoms with Crippen molar-refractivity contribution >= 4 is 11.3 Å². The van der Waals surface area contributed by atoms with Crippen LogP contribution in [-0.4, -0.2) is 13.2 Å². The Kier molecular flexibility index (Phi) is 3.43. The van der Waals surface area contributed by atoms with Gasteiger partial charge < -0.3 is 9.47 Å². The van der Waals surface area contributed by atoms with E-state index in [2.05, 4.69) is 27.7 Å². The van der Waals surface area contributed by atoms with Crippen LogP contribution in [0.15, 0.2) is 0 Å². The Morgan fingerprint density at radius 1 is 0.875 bits per heavy atom. The molecule has 0 saturated carbocycles. The molecule has 0 N–H and O–H groups in total. The molecule has 0 unspecified atom stereocenters. The molecule has 0 aromatic carbocycles. The first-order valence-electron chi connectivity index (χ1n) is 6.03. The van der Waals surface area contributed by atoms with Gasteiger partial charge in [0.2, 0.25) is 0 Å². The second-order valence-electron chi connectivity index (χ2n) is 4.85. The molecule has 1 aliphatic rings. The average molecular weight is 240 g/mol. The highest BCUT2D eigenvalue weighted by atomic mass is 32.1. The average Bonchev–Trinajstić information content (AvgIpc) is 2.41. The molecule has 0 spiro atoms. The van der Waals surface area contributed by atoms with Gasteiger partial charge in [0.15, 0.2) is 11.5 Å². The number of rotatable bonds is 2. The summed E-state index contributed by atoms with van der Waals surface area (Å²) in [6.07, 6.45) is 0.981. The lowest BCUT2D eigenvalue weighted by molar-refractivity contribution is 0.294. The summed E-state index contributed by atoms with van der Waals surface area (Å²) in [5, 5.41) is 0. The van der Waals surface area contributed by atoms with Gasteiger partial charge >= 0.3 is 0 Å². The van der Waals surface area contributed by atoms with E-state index in [0.717, 1.165) is 31.1 Å². The maximum absolute atomic E-state index is 5.86. The maximum atomic E-state index is 5.86. The van der Waals surface area contributed by atoms with E-state index in [0.29, 0.717) is 11.8 Å². The number of hydrogen-bond acceptors (Lipinski definition) is 3. The van der Waals surface area contributed by atoms with Crippen molar-refractivity contribution in [1.82, 2.24) is 0 Å². The highest BCUT2D eigenvalue weighted by Crippen LogP contribution is 2.49. The Morgan fingerprint density at radius 2 is 1.31 bits per heavy atom. The van der Waals surface area contributed by atoms with Crippen LogP contribution in [0.5, 0.6) is 11.5 Å². The van der Waals surface area contributed by atoms with Crippen molar-refractivity contribution in [3.63, 3.8) is 0 Å². The molecule has 90 valence electrons. The van der Waals surface area contributed by atoms with Crippen molar-refractivity contribution in [1.29, 1.82) is 0 Å². The fourth-order valence-electron chi connectivity index (χ4n) is 1.88. The molecule has 0 aliphatic carbocycles. The van der Waals surface area contributed by atoms with E-state index in [9.17, 15) is 0 Å². The molecule has 0 amide bonds. The Hall–Kier alpha value is -0.700. The van der Waals surface area contributed by atoms with Crippen molar-refractivity contribution < 1.29 is 9.47 Å². The van der Waals surface area contributed by atoms with Gasteiger partial charge in [-0.2, -0.15) is 0 Å². The van der Waals surface area contributed by atoms with E-state index < -0.39 is 0 Å². The summed E-state index contributed by atoms with van der Waals surface area (Å²) < 4.78 is 11.7. The van der Waals surface area contributed by atoms with Gasteiger partial charge in [-0.25, -0.2) is 0 Å². The normalized spacial score (nSPS) is 15.6. The molecule has 0 atom stereocenters. The number of fused-ring (bicyclic) bond motifs is 1. The van der Waals surface area contributed by atoms with Crippen LogP contribution in [0.3, 0.4) is 0 Å². The van der Waals surface area contributed by atoms with Gasteiger partial charge in [0.25, 0.3) is 0 Å². The minimum atomic E-state index is 0.507. The molecule has 16 heavy (non-hydrogen) atoms. The number of ether oxygens (including phenoxy) is 2. The van der Waals surface area contributed by atoms with E-state index in [-0.39, 0.29) is 0 Å². The van der Waals surface area contributed by atoms with Gasteiger partial charge in [0, 0.05) is 6.42 Å². The molecule has 2 nitrogen and oxygen atoms in total. The van der Waals surface area contributed by atoms with Gasteiger partial charge in [-0.15, -0.1) is 11.3 Å². The molecular weight excluding hydrogens is 220 g/mol. The Balaban J connectivity index is 2.48. The quantitative estimate of drug-likeness (QED) is 0.773. The lowest BCUT2D eigenvalue weighted by Gasteiger charge is -2.08. The lowest BCUT2D eigenvalue weighted by atomic mass is 10.1. The van der Waals surface area contributed by atoms with Crippen LogP contribution in [0, 0.1) is 0 Å². The monoisotopic (exact) mass is 240 g/mol. The predicted molar refractivity (Wildman–Crippen MR) is 68.1 cm³/mol. The smallest absolute Gasteiger partial charge is 0.175 e. The topological polar surface area (TPSA) is 18.5 Å². The van der Waals surface area contributed by atoms with E-state index in [4.69, 9.17) is 9.47 Å². The molecule has 3 heteroatoms. The zero-order chi connectivity index (χ0) is 11.7. The molecule has 1 aromatic rings. The first-order chi connectivity index (χ1) is 7.61. The molecule has 0 bridgehead atoms. The second-order valence-corrected chi connectivity index (χ2v) is 5.93. The van der Waals surface area contributed by atoms with E-state index in [1.807, 2.05) is 11.3 Å². The second kappa shape index (κ2) is 4.66. The van der Waals surface area contributed by atoms with Crippen LogP contribution in [0.1, 0.15) is 55.7 Å². The zero-order valence-corrected chi connectivity index (χ0v) is 11.3. The fourth-order valence-corrected chi connectivity index (χ4v) is 3.07. The Bertz CT molecular complexity index is 334. The summed E-state index contributed by atoms with van der Waals surface area (Å²) in [5.74, 6) is 3.04. The third-order valence-electron chi connectivity index (χ3n) is 2.70. The Labute approximate surface area is 102 Å². The van der Waals surface area contributed by atoms with E-state index >= 15 is 0 Å². The minimum Gasteiger partial charge on any atom is -0.488 e. The zero-order valence-electron chi connectivity index (χ0n) is 10.5. The highest BCUT2D eigenvalue weighted by Gasteiger charge is 2.25. The van der Waals surface area contributed by atoms with E-state index in [1.54, 1.807) is 0 Å². The largest absolute Gasteiger partial charge is 0.488 e.